The second-order valence-electron chi connectivity index (χ2n) is 5.88. The van der Waals surface area contributed by atoms with E-state index < -0.39 is 0 Å². The van der Waals surface area contributed by atoms with Crippen molar-refractivity contribution in [1.82, 2.24) is 0 Å². The molecule has 0 aromatic heterocycles. The summed E-state index contributed by atoms with van der Waals surface area (Å²) < 4.78 is 10.5. The minimum absolute atomic E-state index is 0.148. The first kappa shape index (κ1) is 16.2. The van der Waals surface area contributed by atoms with Crippen LogP contribution < -0.4 is 9.47 Å². The molecule has 4 nitrogen and oxygen atoms in total. The molecule has 0 aliphatic carbocycles. The number of ether oxygens (including phenoxy) is 2. The van der Waals surface area contributed by atoms with E-state index in [9.17, 15) is 9.59 Å². The van der Waals surface area contributed by atoms with Crippen molar-refractivity contribution in [3.8, 4) is 11.5 Å². The topological polar surface area (TPSA) is 52.6 Å². The molecule has 0 fully saturated rings. The normalized spacial score (nSPS) is 11.0. The van der Waals surface area contributed by atoms with E-state index in [1.54, 1.807) is 24.3 Å². The Morgan fingerprint density at radius 1 is 1.00 bits per heavy atom. The van der Waals surface area contributed by atoms with E-state index in [4.69, 9.17) is 9.47 Å². The molecule has 0 unspecified atom stereocenters. The van der Waals surface area contributed by atoms with E-state index in [2.05, 4.69) is 0 Å². The first-order chi connectivity index (χ1) is 9.31. The number of rotatable bonds is 5. The molecule has 0 atom stereocenters. The Balaban J connectivity index is 2.75. The molecular formula is C16H22O4. The lowest BCUT2D eigenvalue weighted by atomic mass is 9.92. The van der Waals surface area contributed by atoms with Crippen molar-refractivity contribution in [1.29, 1.82) is 0 Å². The Bertz CT molecular complexity index is 472. The molecule has 0 saturated heterocycles. The Morgan fingerprint density at radius 2 is 1.50 bits per heavy atom. The highest BCUT2D eigenvalue weighted by atomic mass is 16.6. The summed E-state index contributed by atoms with van der Waals surface area (Å²) in [5.74, 6) is -0.0947. The molecule has 0 N–H and O–H groups in total. The summed E-state index contributed by atoms with van der Waals surface area (Å²) >= 11 is 0. The van der Waals surface area contributed by atoms with Crippen molar-refractivity contribution >= 4 is 11.9 Å². The molecule has 110 valence electrons. The molecule has 1 aromatic rings. The molecule has 0 saturated carbocycles. The van der Waals surface area contributed by atoms with E-state index in [1.165, 1.54) is 0 Å². The lowest BCUT2D eigenvalue weighted by Crippen LogP contribution is -2.18. The molecule has 4 heteroatoms. The van der Waals surface area contributed by atoms with Crippen LogP contribution in [0.5, 0.6) is 11.5 Å². The van der Waals surface area contributed by atoms with Gasteiger partial charge in [0.15, 0.2) is 11.5 Å². The molecule has 0 heterocycles. The number of benzene rings is 1. The predicted octanol–water partition coefficient (Wildman–Crippen LogP) is 3.73. The van der Waals surface area contributed by atoms with Gasteiger partial charge < -0.3 is 9.47 Å². The quantitative estimate of drug-likeness (QED) is 0.608. The number of carbonyl (C=O) groups is 2. The van der Waals surface area contributed by atoms with Gasteiger partial charge in [0.2, 0.25) is 0 Å². The van der Waals surface area contributed by atoms with Crippen LogP contribution in [-0.4, -0.2) is 11.9 Å². The molecule has 0 aliphatic heterocycles. The highest BCUT2D eigenvalue weighted by Crippen LogP contribution is 2.28. The van der Waals surface area contributed by atoms with E-state index in [0.717, 1.165) is 0 Å². The third kappa shape index (κ3) is 5.87. The van der Waals surface area contributed by atoms with Gasteiger partial charge in [-0.3, -0.25) is 9.59 Å². The first-order valence-electron chi connectivity index (χ1n) is 6.82. The summed E-state index contributed by atoms with van der Waals surface area (Å²) in [6, 6.07) is 6.70. The smallest absolute Gasteiger partial charge is 0.311 e. The third-order valence-electron chi connectivity index (χ3n) is 2.43. The average Bonchev–Trinajstić information content (AvgIpc) is 2.29. The number of hydrogen-bond donors (Lipinski definition) is 0. The van der Waals surface area contributed by atoms with Crippen LogP contribution in [0.1, 0.15) is 47.0 Å². The maximum absolute atomic E-state index is 11.8. The van der Waals surface area contributed by atoms with Gasteiger partial charge in [-0.15, -0.1) is 0 Å². The van der Waals surface area contributed by atoms with Gasteiger partial charge in [0, 0.05) is 6.42 Å². The monoisotopic (exact) mass is 278 g/mol. The number of carbonyl (C=O) groups excluding carboxylic acids is 2. The highest BCUT2D eigenvalue weighted by Gasteiger charge is 2.19. The van der Waals surface area contributed by atoms with Gasteiger partial charge in [-0.2, -0.15) is 0 Å². The molecule has 20 heavy (non-hydrogen) atoms. The SMILES string of the molecule is CCCC(=O)Oc1ccccc1OC(=O)CC(C)(C)C. The van der Waals surface area contributed by atoms with Crippen LogP contribution in [0.3, 0.4) is 0 Å². The zero-order valence-corrected chi connectivity index (χ0v) is 12.6. The molecule has 1 rings (SSSR count). The second kappa shape index (κ2) is 7.08. The number of esters is 2. The van der Waals surface area contributed by atoms with Crippen LogP contribution >= 0.6 is 0 Å². The summed E-state index contributed by atoms with van der Waals surface area (Å²) in [7, 11) is 0. The van der Waals surface area contributed by atoms with Gasteiger partial charge in [0.1, 0.15) is 0 Å². The van der Waals surface area contributed by atoms with Gasteiger partial charge in [-0.1, -0.05) is 39.8 Å². The summed E-state index contributed by atoms with van der Waals surface area (Å²) in [6.07, 6.45) is 1.35. The Kier molecular flexibility index (Phi) is 5.74. The van der Waals surface area contributed by atoms with Crippen molar-refractivity contribution in [2.45, 2.75) is 47.0 Å². The van der Waals surface area contributed by atoms with E-state index in [0.29, 0.717) is 19.3 Å². The van der Waals surface area contributed by atoms with Crippen LogP contribution in [0.4, 0.5) is 0 Å². The maximum atomic E-state index is 11.8. The van der Waals surface area contributed by atoms with Gasteiger partial charge in [-0.25, -0.2) is 0 Å². The van der Waals surface area contributed by atoms with Crippen molar-refractivity contribution < 1.29 is 19.1 Å². The lowest BCUT2D eigenvalue weighted by molar-refractivity contribution is -0.138. The highest BCUT2D eigenvalue weighted by molar-refractivity contribution is 5.76. The van der Waals surface area contributed by atoms with Crippen molar-refractivity contribution in [3.05, 3.63) is 24.3 Å². The molecule has 0 spiro atoms. The zero-order chi connectivity index (χ0) is 15.2. The Labute approximate surface area is 120 Å². The Morgan fingerprint density at radius 3 is 1.95 bits per heavy atom. The summed E-state index contributed by atoms with van der Waals surface area (Å²) in [5, 5.41) is 0. The molecule has 0 amide bonds. The molecule has 1 aromatic carbocycles. The van der Waals surface area contributed by atoms with Crippen LogP contribution in [0.2, 0.25) is 0 Å². The first-order valence-corrected chi connectivity index (χ1v) is 6.82. The second-order valence-corrected chi connectivity index (χ2v) is 5.88. The van der Waals surface area contributed by atoms with Crippen LogP contribution in [0.25, 0.3) is 0 Å². The molecule has 0 radical (unpaired) electrons. The molecule has 0 bridgehead atoms. The minimum Gasteiger partial charge on any atom is -0.423 e. The fraction of sp³-hybridized carbons (Fsp3) is 0.500. The van der Waals surface area contributed by atoms with Gasteiger partial charge in [0.25, 0.3) is 0 Å². The fourth-order valence-corrected chi connectivity index (χ4v) is 1.59. The summed E-state index contributed by atoms with van der Waals surface area (Å²) in [5.41, 5.74) is -0.148. The summed E-state index contributed by atoms with van der Waals surface area (Å²) in [4.78, 5) is 23.3. The van der Waals surface area contributed by atoms with Crippen LogP contribution in [-0.2, 0) is 9.59 Å². The third-order valence-corrected chi connectivity index (χ3v) is 2.43. The molecular weight excluding hydrogens is 256 g/mol. The van der Waals surface area contributed by atoms with Crippen LogP contribution in [0.15, 0.2) is 24.3 Å². The van der Waals surface area contributed by atoms with E-state index in [1.807, 2.05) is 27.7 Å². The van der Waals surface area contributed by atoms with Crippen molar-refractivity contribution in [3.63, 3.8) is 0 Å². The average molecular weight is 278 g/mol. The van der Waals surface area contributed by atoms with Gasteiger partial charge >= 0.3 is 11.9 Å². The van der Waals surface area contributed by atoms with Crippen molar-refractivity contribution in [2.75, 3.05) is 0 Å². The van der Waals surface area contributed by atoms with Gasteiger partial charge in [0.05, 0.1) is 6.42 Å². The van der Waals surface area contributed by atoms with Crippen molar-refractivity contribution in [2.24, 2.45) is 5.41 Å². The lowest BCUT2D eigenvalue weighted by Gasteiger charge is -2.17. The predicted molar refractivity (Wildman–Crippen MR) is 76.7 cm³/mol. The maximum Gasteiger partial charge on any atom is 0.311 e. The van der Waals surface area contributed by atoms with Gasteiger partial charge in [-0.05, 0) is 24.0 Å². The van der Waals surface area contributed by atoms with Crippen LogP contribution in [0, 0.1) is 5.41 Å². The Hall–Kier alpha value is -1.84. The fourth-order valence-electron chi connectivity index (χ4n) is 1.59. The zero-order valence-electron chi connectivity index (χ0n) is 12.6. The molecule has 0 aliphatic rings. The number of hydrogen-bond acceptors (Lipinski definition) is 4. The largest absolute Gasteiger partial charge is 0.423 e. The minimum atomic E-state index is -0.337. The van der Waals surface area contributed by atoms with E-state index >= 15 is 0 Å². The number of para-hydroxylation sites is 2. The summed E-state index contributed by atoms with van der Waals surface area (Å²) in [6.45, 7) is 7.78. The van der Waals surface area contributed by atoms with E-state index in [-0.39, 0.29) is 28.9 Å². The standard InChI is InChI=1S/C16H22O4/c1-5-8-14(17)19-12-9-6-7-10-13(12)20-15(18)11-16(2,3)4/h6-7,9-10H,5,8,11H2,1-4H3.